The summed E-state index contributed by atoms with van der Waals surface area (Å²) in [6.45, 7) is -0.657. The van der Waals surface area contributed by atoms with E-state index in [1.165, 1.54) is 0 Å². The minimum Gasteiger partial charge on any atom is -0.451 e. The lowest BCUT2D eigenvalue weighted by Gasteiger charge is -2.06. The van der Waals surface area contributed by atoms with E-state index in [2.05, 4.69) is 5.32 Å². The van der Waals surface area contributed by atoms with Gasteiger partial charge in [0.25, 0.3) is 5.91 Å². The minimum atomic E-state index is -1.03. The molecule has 0 radical (unpaired) electrons. The van der Waals surface area contributed by atoms with Gasteiger partial charge in [0.15, 0.2) is 6.61 Å². The van der Waals surface area contributed by atoms with Gasteiger partial charge in [0.2, 0.25) is 5.82 Å². The third kappa shape index (κ3) is 4.22. The largest absolute Gasteiger partial charge is 0.451 e. The SMILES string of the molecule is O=C(COC(=O)c1sc2cc(Cl)ccc2c1Cl)Nc1ccc(F)c([N+](=O)[O-])c1. The fourth-order valence-electron chi connectivity index (χ4n) is 2.29. The first-order valence-corrected chi connectivity index (χ1v) is 9.12. The summed E-state index contributed by atoms with van der Waals surface area (Å²) in [4.78, 5) is 34.1. The van der Waals surface area contributed by atoms with E-state index in [-0.39, 0.29) is 15.6 Å². The fraction of sp³-hybridized carbons (Fsp3) is 0.0588. The van der Waals surface area contributed by atoms with Crippen LogP contribution >= 0.6 is 34.5 Å². The third-order valence-electron chi connectivity index (χ3n) is 3.54. The number of rotatable bonds is 5. The smallest absolute Gasteiger partial charge is 0.350 e. The highest BCUT2D eigenvalue weighted by atomic mass is 35.5. The Morgan fingerprint density at radius 1 is 1.21 bits per heavy atom. The fourth-order valence-corrected chi connectivity index (χ4v) is 3.97. The Morgan fingerprint density at radius 3 is 2.68 bits per heavy atom. The molecule has 0 saturated carbocycles. The zero-order chi connectivity index (χ0) is 20.4. The number of amides is 1. The molecule has 0 aliphatic rings. The van der Waals surface area contributed by atoms with Crippen molar-refractivity contribution in [3.8, 4) is 0 Å². The number of benzene rings is 2. The van der Waals surface area contributed by atoms with Crippen LogP contribution in [0.25, 0.3) is 10.1 Å². The molecule has 3 aromatic rings. The maximum atomic E-state index is 13.3. The number of esters is 1. The number of nitro groups is 1. The molecule has 0 fully saturated rings. The van der Waals surface area contributed by atoms with E-state index in [1.807, 2.05) is 0 Å². The van der Waals surface area contributed by atoms with E-state index in [1.54, 1.807) is 18.2 Å². The van der Waals surface area contributed by atoms with E-state index in [0.717, 1.165) is 29.5 Å². The molecule has 0 saturated heterocycles. The highest BCUT2D eigenvalue weighted by molar-refractivity contribution is 7.21. The molecule has 144 valence electrons. The molecule has 1 amide bonds. The summed E-state index contributed by atoms with van der Waals surface area (Å²) >= 11 is 13.2. The van der Waals surface area contributed by atoms with Gasteiger partial charge in [0.1, 0.15) is 4.88 Å². The third-order valence-corrected chi connectivity index (χ3v) is 5.41. The molecule has 28 heavy (non-hydrogen) atoms. The lowest BCUT2D eigenvalue weighted by Crippen LogP contribution is -2.20. The Morgan fingerprint density at radius 2 is 1.96 bits per heavy atom. The molecule has 1 aromatic heterocycles. The summed E-state index contributed by atoms with van der Waals surface area (Å²) in [5.74, 6) is -2.59. The molecule has 1 N–H and O–H groups in total. The van der Waals surface area contributed by atoms with Crippen molar-refractivity contribution < 1.29 is 23.6 Å². The Kier molecular flexibility index (Phi) is 5.78. The Hall–Kier alpha value is -2.75. The van der Waals surface area contributed by atoms with Crippen LogP contribution in [0, 0.1) is 15.9 Å². The molecule has 0 aliphatic heterocycles. The molecule has 11 heteroatoms. The number of halogens is 3. The van der Waals surface area contributed by atoms with Gasteiger partial charge in [0.05, 0.1) is 9.95 Å². The number of hydrogen-bond donors (Lipinski definition) is 1. The van der Waals surface area contributed by atoms with Crippen molar-refractivity contribution in [1.29, 1.82) is 0 Å². The van der Waals surface area contributed by atoms with E-state index in [9.17, 15) is 24.1 Å². The van der Waals surface area contributed by atoms with Gasteiger partial charge in [-0.25, -0.2) is 4.79 Å². The molecule has 0 spiro atoms. The first-order valence-electron chi connectivity index (χ1n) is 7.54. The van der Waals surface area contributed by atoms with Crippen LogP contribution in [-0.2, 0) is 9.53 Å². The van der Waals surface area contributed by atoms with Crippen molar-refractivity contribution in [2.24, 2.45) is 0 Å². The Labute approximate surface area is 170 Å². The Bertz CT molecular complexity index is 1120. The van der Waals surface area contributed by atoms with Crippen molar-refractivity contribution in [1.82, 2.24) is 0 Å². The number of nitro benzene ring substituents is 1. The van der Waals surface area contributed by atoms with Crippen molar-refractivity contribution in [3.63, 3.8) is 0 Å². The van der Waals surface area contributed by atoms with E-state index in [0.29, 0.717) is 15.1 Å². The van der Waals surface area contributed by atoms with Crippen LogP contribution in [0.5, 0.6) is 0 Å². The zero-order valence-corrected chi connectivity index (χ0v) is 16.0. The maximum Gasteiger partial charge on any atom is 0.350 e. The summed E-state index contributed by atoms with van der Waals surface area (Å²) < 4.78 is 18.9. The summed E-state index contributed by atoms with van der Waals surface area (Å²) in [5.41, 5.74) is -0.797. The second kappa shape index (κ2) is 8.09. The molecule has 7 nitrogen and oxygen atoms in total. The molecule has 0 aliphatic carbocycles. The first kappa shape index (κ1) is 20.0. The second-order valence-corrected chi connectivity index (χ2v) is 7.30. The minimum absolute atomic E-state index is 0.0105. The molecular formula is C17H9Cl2FN2O5S. The average molecular weight is 443 g/mol. The van der Waals surface area contributed by atoms with Gasteiger partial charge in [0, 0.05) is 26.9 Å². The van der Waals surface area contributed by atoms with Gasteiger partial charge in [-0.05, 0) is 24.3 Å². The molecule has 1 heterocycles. The average Bonchev–Trinajstić information content (AvgIpc) is 2.97. The molecule has 2 aromatic carbocycles. The van der Waals surface area contributed by atoms with Crippen LogP contribution in [-0.4, -0.2) is 23.4 Å². The summed E-state index contributed by atoms with van der Waals surface area (Å²) in [7, 11) is 0. The number of ether oxygens (including phenoxy) is 1. The topological polar surface area (TPSA) is 98.5 Å². The Balaban J connectivity index is 1.66. The summed E-state index contributed by atoms with van der Waals surface area (Å²) in [5, 5.41) is 14.3. The number of carbonyl (C=O) groups is 2. The van der Waals surface area contributed by atoms with Gasteiger partial charge in [-0.3, -0.25) is 14.9 Å². The van der Waals surface area contributed by atoms with E-state index in [4.69, 9.17) is 27.9 Å². The lowest BCUT2D eigenvalue weighted by atomic mass is 10.2. The molecule has 0 unspecified atom stereocenters. The van der Waals surface area contributed by atoms with Gasteiger partial charge in [-0.15, -0.1) is 11.3 Å². The number of carbonyl (C=O) groups excluding carboxylic acids is 2. The number of nitrogens with one attached hydrogen (secondary N) is 1. The highest BCUT2D eigenvalue weighted by Gasteiger charge is 2.20. The van der Waals surface area contributed by atoms with Crippen LogP contribution < -0.4 is 5.32 Å². The van der Waals surface area contributed by atoms with Gasteiger partial charge in [-0.1, -0.05) is 29.3 Å². The normalized spacial score (nSPS) is 10.7. The van der Waals surface area contributed by atoms with Gasteiger partial charge in [-0.2, -0.15) is 4.39 Å². The molecular weight excluding hydrogens is 434 g/mol. The number of thiophene rings is 1. The predicted molar refractivity (Wildman–Crippen MR) is 104 cm³/mol. The van der Waals surface area contributed by atoms with Crippen molar-refractivity contribution in [3.05, 3.63) is 67.3 Å². The second-order valence-electron chi connectivity index (χ2n) is 5.43. The predicted octanol–water partition coefficient (Wildman–Crippen LogP) is 5.05. The van der Waals surface area contributed by atoms with Crippen LogP contribution in [0.4, 0.5) is 15.8 Å². The number of nitrogens with zero attached hydrogens (tertiary/aromatic N) is 1. The summed E-state index contributed by atoms with van der Waals surface area (Å²) in [6, 6.07) is 7.81. The van der Waals surface area contributed by atoms with Crippen molar-refractivity contribution in [2.45, 2.75) is 0 Å². The van der Waals surface area contributed by atoms with Crippen LogP contribution in [0.15, 0.2) is 36.4 Å². The number of hydrogen-bond acceptors (Lipinski definition) is 6. The van der Waals surface area contributed by atoms with Crippen LogP contribution in [0.1, 0.15) is 9.67 Å². The quantitative estimate of drug-likeness (QED) is 0.338. The molecule has 0 bridgehead atoms. The summed E-state index contributed by atoms with van der Waals surface area (Å²) in [6.07, 6.45) is 0. The number of fused-ring (bicyclic) bond motifs is 1. The van der Waals surface area contributed by atoms with E-state index < -0.39 is 34.9 Å². The molecule has 0 atom stereocenters. The first-order chi connectivity index (χ1) is 13.3. The lowest BCUT2D eigenvalue weighted by molar-refractivity contribution is -0.387. The maximum absolute atomic E-state index is 13.3. The monoisotopic (exact) mass is 442 g/mol. The van der Waals surface area contributed by atoms with E-state index >= 15 is 0 Å². The van der Waals surface area contributed by atoms with Crippen molar-refractivity contribution >= 4 is 67.9 Å². The molecule has 3 rings (SSSR count). The standard InChI is InChI=1S/C17H9Cl2FN2O5S/c18-8-1-3-10-13(5-8)28-16(15(10)19)17(24)27-7-14(23)21-9-2-4-11(20)12(6-9)22(25)26/h1-6H,7H2,(H,21,23). The number of anilines is 1. The highest BCUT2D eigenvalue weighted by Crippen LogP contribution is 2.37. The van der Waals surface area contributed by atoms with Crippen LogP contribution in [0.3, 0.4) is 0 Å². The van der Waals surface area contributed by atoms with Gasteiger partial charge >= 0.3 is 11.7 Å². The van der Waals surface area contributed by atoms with Crippen LogP contribution in [0.2, 0.25) is 10.0 Å². The van der Waals surface area contributed by atoms with Gasteiger partial charge < -0.3 is 10.1 Å². The van der Waals surface area contributed by atoms with Crippen molar-refractivity contribution in [2.75, 3.05) is 11.9 Å². The zero-order valence-electron chi connectivity index (χ0n) is 13.7.